The van der Waals surface area contributed by atoms with E-state index >= 15 is 0 Å². The third-order valence-electron chi connectivity index (χ3n) is 4.16. The van der Waals surface area contributed by atoms with E-state index in [2.05, 4.69) is 15.6 Å². The van der Waals surface area contributed by atoms with Gasteiger partial charge in [-0.1, -0.05) is 43.3 Å². The Balaban J connectivity index is 1.47. The minimum Gasteiger partial charge on any atom is -0.441 e. The van der Waals surface area contributed by atoms with Gasteiger partial charge in [0, 0.05) is 36.2 Å². The lowest BCUT2D eigenvalue weighted by Gasteiger charge is -2.08. The fourth-order valence-electron chi connectivity index (χ4n) is 2.71. The van der Waals surface area contributed by atoms with Crippen molar-refractivity contribution in [2.75, 3.05) is 10.6 Å². The van der Waals surface area contributed by atoms with Crippen LogP contribution in [0.25, 0.3) is 11.3 Å². The number of rotatable bonds is 8. The van der Waals surface area contributed by atoms with E-state index in [1.54, 1.807) is 37.4 Å². The molecule has 2 N–H and O–H groups in total. The molecule has 0 spiro atoms. The number of hydrogen-bond donors (Lipinski definition) is 2. The van der Waals surface area contributed by atoms with E-state index in [0.29, 0.717) is 42.9 Å². The van der Waals surface area contributed by atoms with Crippen LogP contribution in [0.2, 0.25) is 0 Å². The van der Waals surface area contributed by atoms with Gasteiger partial charge in [0.1, 0.15) is 0 Å². The van der Waals surface area contributed by atoms with Gasteiger partial charge in [0.25, 0.3) is 0 Å². The maximum Gasteiger partial charge on any atom is 0.224 e. The van der Waals surface area contributed by atoms with Crippen molar-refractivity contribution >= 4 is 23.2 Å². The summed E-state index contributed by atoms with van der Waals surface area (Å²) in [7, 11) is 0. The summed E-state index contributed by atoms with van der Waals surface area (Å²) in [5.41, 5.74) is 2.30. The van der Waals surface area contributed by atoms with Gasteiger partial charge in [-0.25, -0.2) is 4.98 Å². The van der Waals surface area contributed by atoms with Crippen LogP contribution in [0, 0.1) is 0 Å². The van der Waals surface area contributed by atoms with E-state index in [1.807, 2.05) is 30.3 Å². The minimum atomic E-state index is -0.0891. The van der Waals surface area contributed by atoms with Crippen molar-refractivity contribution in [3.8, 4) is 11.3 Å². The summed E-state index contributed by atoms with van der Waals surface area (Å²) < 4.78 is 5.75. The van der Waals surface area contributed by atoms with Gasteiger partial charge in [-0.05, 0) is 24.6 Å². The number of carbonyl (C=O) groups excluding carboxylic acids is 2. The first-order valence-electron chi connectivity index (χ1n) is 9.34. The van der Waals surface area contributed by atoms with Crippen LogP contribution >= 0.6 is 0 Å². The normalized spacial score (nSPS) is 10.5. The van der Waals surface area contributed by atoms with Crippen LogP contribution in [0.15, 0.2) is 65.2 Å². The number of benzene rings is 2. The fourth-order valence-corrected chi connectivity index (χ4v) is 2.71. The second-order valence-electron chi connectivity index (χ2n) is 6.37. The van der Waals surface area contributed by atoms with Gasteiger partial charge < -0.3 is 15.1 Å². The predicted molar refractivity (Wildman–Crippen MR) is 109 cm³/mol. The monoisotopic (exact) mass is 377 g/mol. The molecule has 144 valence electrons. The molecule has 0 fully saturated rings. The zero-order chi connectivity index (χ0) is 19.8. The lowest BCUT2D eigenvalue weighted by atomic mass is 10.2. The highest BCUT2D eigenvalue weighted by molar-refractivity contribution is 5.93. The average molecular weight is 377 g/mol. The number of hydrogen-bond acceptors (Lipinski definition) is 4. The molecule has 3 rings (SSSR count). The average Bonchev–Trinajstić information content (AvgIpc) is 3.18. The molecule has 0 bridgehead atoms. The molecule has 2 aromatic carbocycles. The van der Waals surface area contributed by atoms with Crippen LogP contribution in [-0.2, 0) is 16.0 Å². The molecule has 0 saturated carbocycles. The molecular weight excluding hydrogens is 354 g/mol. The Bertz CT molecular complexity index is 935. The Morgan fingerprint density at radius 2 is 1.68 bits per heavy atom. The molecule has 0 atom stereocenters. The molecule has 6 nitrogen and oxygen atoms in total. The van der Waals surface area contributed by atoms with Crippen LogP contribution in [-0.4, -0.2) is 16.8 Å². The molecule has 0 aliphatic heterocycles. The van der Waals surface area contributed by atoms with Crippen molar-refractivity contribution in [1.29, 1.82) is 0 Å². The third kappa shape index (κ3) is 5.54. The second-order valence-corrected chi connectivity index (χ2v) is 6.37. The standard InChI is InChI=1S/C22H23N3O3/c1-2-20(26)24-17-10-6-11-18(14-17)25-21(27)12-7-13-22-23-15-19(28-22)16-8-4-3-5-9-16/h3-6,8-11,14-15H,2,7,12-13H2,1H3,(H,24,26)(H,25,27). The van der Waals surface area contributed by atoms with Gasteiger partial charge in [-0.2, -0.15) is 0 Å². The van der Waals surface area contributed by atoms with Crippen LogP contribution < -0.4 is 10.6 Å². The van der Waals surface area contributed by atoms with Gasteiger partial charge in [0.2, 0.25) is 11.8 Å². The van der Waals surface area contributed by atoms with Gasteiger partial charge >= 0.3 is 0 Å². The van der Waals surface area contributed by atoms with Crippen molar-refractivity contribution in [2.45, 2.75) is 32.6 Å². The highest BCUT2D eigenvalue weighted by Crippen LogP contribution is 2.21. The van der Waals surface area contributed by atoms with E-state index < -0.39 is 0 Å². The van der Waals surface area contributed by atoms with Crippen LogP contribution in [0.5, 0.6) is 0 Å². The molecule has 0 radical (unpaired) electrons. The highest BCUT2D eigenvalue weighted by atomic mass is 16.4. The minimum absolute atomic E-state index is 0.0655. The van der Waals surface area contributed by atoms with E-state index in [9.17, 15) is 9.59 Å². The van der Waals surface area contributed by atoms with Gasteiger partial charge in [0.05, 0.1) is 6.20 Å². The highest BCUT2D eigenvalue weighted by Gasteiger charge is 2.08. The van der Waals surface area contributed by atoms with Crippen LogP contribution in [0.3, 0.4) is 0 Å². The summed E-state index contributed by atoms with van der Waals surface area (Å²) in [5.74, 6) is 1.19. The first-order valence-corrected chi connectivity index (χ1v) is 9.34. The number of anilines is 2. The molecule has 28 heavy (non-hydrogen) atoms. The lowest BCUT2D eigenvalue weighted by Crippen LogP contribution is -2.13. The molecule has 0 aliphatic carbocycles. The summed E-state index contributed by atoms with van der Waals surface area (Å²) in [6, 6.07) is 16.9. The third-order valence-corrected chi connectivity index (χ3v) is 4.16. The van der Waals surface area contributed by atoms with Crippen molar-refractivity contribution in [1.82, 2.24) is 4.98 Å². The summed E-state index contributed by atoms with van der Waals surface area (Å²) >= 11 is 0. The molecule has 0 aliphatic rings. The van der Waals surface area contributed by atoms with Crippen molar-refractivity contribution in [2.24, 2.45) is 0 Å². The number of carbonyl (C=O) groups is 2. The summed E-state index contributed by atoms with van der Waals surface area (Å²) in [5, 5.41) is 5.62. The Kier molecular flexibility index (Phi) is 6.57. The molecule has 0 unspecified atom stereocenters. The van der Waals surface area contributed by atoms with Crippen molar-refractivity contribution in [3.63, 3.8) is 0 Å². The molecule has 1 aromatic heterocycles. The van der Waals surface area contributed by atoms with E-state index in [4.69, 9.17) is 4.42 Å². The van der Waals surface area contributed by atoms with Gasteiger partial charge in [-0.15, -0.1) is 0 Å². The van der Waals surface area contributed by atoms with E-state index in [-0.39, 0.29) is 11.8 Å². The maximum absolute atomic E-state index is 12.2. The molecule has 0 saturated heterocycles. The molecule has 2 amide bonds. The molecule has 3 aromatic rings. The van der Waals surface area contributed by atoms with E-state index in [1.165, 1.54) is 0 Å². The predicted octanol–water partition coefficient (Wildman–Crippen LogP) is 4.65. The number of amides is 2. The maximum atomic E-state index is 12.2. The number of nitrogens with one attached hydrogen (secondary N) is 2. The van der Waals surface area contributed by atoms with Crippen LogP contribution in [0.1, 0.15) is 32.1 Å². The zero-order valence-corrected chi connectivity index (χ0v) is 15.8. The summed E-state index contributed by atoms with van der Waals surface area (Å²) in [6.45, 7) is 1.79. The van der Waals surface area contributed by atoms with Gasteiger partial charge in [-0.3, -0.25) is 9.59 Å². The smallest absolute Gasteiger partial charge is 0.224 e. The topological polar surface area (TPSA) is 84.2 Å². The SMILES string of the molecule is CCC(=O)Nc1cccc(NC(=O)CCCc2ncc(-c3ccccc3)o2)c1. The Morgan fingerprint density at radius 3 is 2.39 bits per heavy atom. The number of oxazole rings is 1. The number of aryl methyl sites for hydroxylation is 1. The summed E-state index contributed by atoms with van der Waals surface area (Å²) in [6.07, 6.45) is 3.69. The van der Waals surface area contributed by atoms with Crippen molar-refractivity contribution < 1.29 is 14.0 Å². The Morgan fingerprint density at radius 1 is 0.964 bits per heavy atom. The van der Waals surface area contributed by atoms with Crippen LogP contribution in [0.4, 0.5) is 11.4 Å². The molecule has 1 heterocycles. The second kappa shape index (κ2) is 9.50. The quantitative estimate of drug-likeness (QED) is 0.598. The largest absolute Gasteiger partial charge is 0.441 e. The molecule has 6 heteroatoms. The Labute approximate surface area is 164 Å². The summed E-state index contributed by atoms with van der Waals surface area (Å²) in [4.78, 5) is 27.9. The van der Waals surface area contributed by atoms with Gasteiger partial charge in [0.15, 0.2) is 11.7 Å². The first kappa shape index (κ1) is 19.4. The van der Waals surface area contributed by atoms with Crippen molar-refractivity contribution in [3.05, 3.63) is 66.7 Å². The number of aromatic nitrogens is 1. The lowest BCUT2D eigenvalue weighted by molar-refractivity contribution is -0.116. The zero-order valence-electron chi connectivity index (χ0n) is 15.8. The Hall–Kier alpha value is -3.41. The first-order chi connectivity index (χ1) is 13.6. The number of nitrogens with zero attached hydrogens (tertiary/aromatic N) is 1. The molecular formula is C22H23N3O3. The fraction of sp³-hybridized carbons (Fsp3) is 0.227. The van der Waals surface area contributed by atoms with E-state index in [0.717, 1.165) is 11.3 Å².